The van der Waals surface area contributed by atoms with Gasteiger partial charge in [0.05, 0.1) is 6.10 Å². The quantitative estimate of drug-likeness (QED) is 0.776. The second-order valence-electron chi connectivity index (χ2n) is 5.27. The number of aliphatic hydroxyl groups excluding tert-OH is 1. The predicted molar refractivity (Wildman–Crippen MR) is 69.8 cm³/mol. The molecule has 0 spiro atoms. The minimum Gasteiger partial charge on any atom is -0.393 e. The van der Waals surface area contributed by atoms with Crippen LogP contribution in [0.3, 0.4) is 0 Å². The van der Waals surface area contributed by atoms with Crippen molar-refractivity contribution in [2.45, 2.75) is 77.4 Å². The van der Waals surface area contributed by atoms with E-state index in [4.69, 9.17) is 0 Å². The summed E-state index contributed by atoms with van der Waals surface area (Å²) in [4.78, 5) is 14.1. The van der Waals surface area contributed by atoms with E-state index in [1.807, 2.05) is 6.92 Å². The molecule has 1 fully saturated rings. The summed E-state index contributed by atoms with van der Waals surface area (Å²) in [5, 5.41) is 9.38. The first-order valence-corrected chi connectivity index (χ1v) is 7.12. The monoisotopic (exact) mass is 241 g/mol. The number of carbonyl (C=O) groups excluding carboxylic acids is 1. The SMILES string of the molecule is CCCCN1C(=O)CCCCC1CCC(C)O. The number of hydrogen-bond donors (Lipinski definition) is 1. The highest BCUT2D eigenvalue weighted by molar-refractivity contribution is 5.76. The highest BCUT2D eigenvalue weighted by Crippen LogP contribution is 2.22. The molecule has 1 aliphatic rings. The molecule has 1 N–H and O–H groups in total. The van der Waals surface area contributed by atoms with Crippen molar-refractivity contribution in [3.8, 4) is 0 Å². The molecule has 1 aliphatic heterocycles. The third kappa shape index (κ3) is 5.07. The highest BCUT2D eigenvalue weighted by Gasteiger charge is 2.25. The van der Waals surface area contributed by atoms with Gasteiger partial charge in [-0.05, 0) is 39.0 Å². The zero-order chi connectivity index (χ0) is 12.7. The lowest BCUT2D eigenvalue weighted by Crippen LogP contribution is -2.40. The maximum atomic E-state index is 12.0. The summed E-state index contributed by atoms with van der Waals surface area (Å²) in [7, 11) is 0. The summed E-state index contributed by atoms with van der Waals surface area (Å²) in [5.74, 6) is 0.326. The number of unbranched alkanes of at least 4 members (excludes halogenated alkanes) is 1. The molecule has 0 aliphatic carbocycles. The molecule has 0 aromatic rings. The van der Waals surface area contributed by atoms with Crippen LogP contribution in [0.25, 0.3) is 0 Å². The largest absolute Gasteiger partial charge is 0.393 e. The molecule has 1 saturated heterocycles. The van der Waals surface area contributed by atoms with Gasteiger partial charge in [0.1, 0.15) is 0 Å². The van der Waals surface area contributed by atoms with Crippen molar-refractivity contribution >= 4 is 5.91 Å². The number of likely N-dealkylation sites (tertiary alicyclic amines) is 1. The minimum atomic E-state index is -0.249. The Labute approximate surface area is 105 Å². The molecular weight excluding hydrogens is 214 g/mol. The van der Waals surface area contributed by atoms with E-state index in [1.165, 1.54) is 0 Å². The minimum absolute atomic E-state index is 0.249. The van der Waals surface area contributed by atoms with Gasteiger partial charge in [-0.2, -0.15) is 0 Å². The average molecular weight is 241 g/mol. The van der Waals surface area contributed by atoms with Crippen molar-refractivity contribution in [1.29, 1.82) is 0 Å². The Morgan fingerprint density at radius 2 is 2.24 bits per heavy atom. The van der Waals surface area contributed by atoms with E-state index in [0.717, 1.165) is 57.9 Å². The maximum Gasteiger partial charge on any atom is 0.222 e. The number of hydrogen-bond acceptors (Lipinski definition) is 2. The van der Waals surface area contributed by atoms with E-state index in [0.29, 0.717) is 11.9 Å². The lowest BCUT2D eigenvalue weighted by atomic mass is 10.0. The zero-order valence-corrected chi connectivity index (χ0v) is 11.3. The Hall–Kier alpha value is -0.570. The number of amides is 1. The Balaban J connectivity index is 2.55. The van der Waals surface area contributed by atoms with Crippen LogP contribution in [-0.4, -0.2) is 34.6 Å². The normalized spacial score (nSPS) is 23.6. The lowest BCUT2D eigenvalue weighted by molar-refractivity contribution is -0.133. The Kier molecular flexibility index (Phi) is 6.56. The van der Waals surface area contributed by atoms with Crippen LogP contribution in [0.5, 0.6) is 0 Å². The number of rotatable bonds is 6. The van der Waals surface area contributed by atoms with Gasteiger partial charge in [-0.25, -0.2) is 0 Å². The molecule has 1 heterocycles. The molecule has 100 valence electrons. The first-order chi connectivity index (χ1) is 8.15. The maximum absolute atomic E-state index is 12.0. The molecule has 2 unspecified atom stereocenters. The summed E-state index contributed by atoms with van der Waals surface area (Å²) in [6.45, 7) is 4.89. The summed E-state index contributed by atoms with van der Waals surface area (Å²) >= 11 is 0. The summed E-state index contributed by atoms with van der Waals surface area (Å²) in [5.41, 5.74) is 0. The molecule has 0 aromatic carbocycles. The van der Waals surface area contributed by atoms with Crippen molar-refractivity contribution in [2.75, 3.05) is 6.54 Å². The Bertz CT molecular complexity index is 228. The number of aliphatic hydroxyl groups is 1. The molecule has 0 saturated carbocycles. The van der Waals surface area contributed by atoms with E-state index in [1.54, 1.807) is 0 Å². The van der Waals surface area contributed by atoms with E-state index in [2.05, 4.69) is 11.8 Å². The molecule has 1 rings (SSSR count). The molecule has 0 bridgehead atoms. The van der Waals surface area contributed by atoms with Gasteiger partial charge in [-0.1, -0.05) is 19.8 Å². The average Bonchev–Trinajstić information content (AvgIpc) is 2.46. The van der Waals surface area contributed by atoms with Crippen molar-refractivity contribution in [2.24, 2.45) is 0 Å². The van der Waals surface area contributed by atoms with Gasteiger partial charge < -0.3 is 10.0 Å². The van der Waals surface area contributed by atoms with Crippen molar-refractivity contribution in [3.05, 3.63) is 0 Å². The lowest BCUT2D eigenvalue weighted by Gasteiger charge is -2.30. The van der Waals surface area contributed by atoms with Gasteiger partial charge in [0, 0.05) is 19.0 Å². The number of carbonyl (C=O) groups is 1. The van der Waals surface area contributed by atoms with Crippen LogP contribution in [0.4, 0.5) is 0 Å². The summed E-state index contributed by atoms with van der Waals surface area (Å²) in [6, 6.07) is 0.367. The third-order valence-corrected chi connectivity index (χ3v) is 3.61. The van der Waals surface area contributed by atoms with Gasteiger partial charge in [0.25, 0.3) is 0 Å². The van der Waals surface area contributed by atoms with Gasteiger partial charge >= 0.3 is 0 Å². The van der Waals surface area contributed by atoms with Crippen LogP contribution in [0.1, 0.15) is 65.2 Å². The van der Waals surface area contributed by atoms with Crippen LogP contribution in [0, 0.1) is 0 Å². The van der Waals surface area contributed by atoms with Crippen LogP contribution in [-0.2, 0) is 4.79 Å². The Morgan fingerprint density at radius 1 is 1.47 bits per heavy atom. The van der Waals surface area contributed by atoms with E-state index in [-0.39, 0.29) is 6.10 Å². The third-order valence-electron chi connectivity index (χ3n) is 3.61. The van der Waals surface area contributed by atoms with E-state index in [9.17, 15) is 9.90 Å². The van der Waals surface area contributed by atoms with Crippen molar-refractivity contribution in [1.82, 2.24) is 4.90 Å². The first-order valence-electron chi connectivity index (χ1n) is 7.12. The van der Waals surface area contributed by atoms with Gasteiger partial charge in [-0.15, -0.1) is 0 Å². The fourth-order valence-corrected chi connectivity index (χ4v) is 2.53. The van der Waals surface area contributed by atoms with Crippen LogP contribution >= 0.6 is 0 Å². The van der Waals surface area contributed by atoms with E-state index >= 15 is 0 Å². The van der Waals surface area contributed by atoms with Crippen LogP contribution in [0.15, 0.2) is 0 Å². The number of nitrogens with zero attached hydrogens (tertiary/aromatic N) is 1. The second-order valence-corrected chi connectivity index (χ2v) is 5.27. The van der Waals surface area contributed by atoms with Gasteiger partial charge in [0.15, 0.2) is 0 Å². The molecule has 3 nitrogen and oxygen atoms in total. The van der Waals surface area contributed by atoms with E-state index < -0.39 is 0 Å². The molecule has 2 atom stereocenters. The molecule has 0 aromatic heterocycles. The highest BCUT2D eigenvalue weighted by atomic mass is 16.3. The van der Waals surface area contributed by atoms with Crippen molar-refractivity contribution in [3.63, 3.8) is 0 Å². The topological polar surface area (TPSA) is 40.5 Å². The first kappa shape index (κ1) is 14.5. The van der Waals surface area contributed by atoms with Crippen LogP contribution in [0.2, 0.25) is 0 Å². The molecule has 1 amide bonds. The standard InChI is InChI=1S/C14H27NO2/c1-3-4-11-15-13(10-9-12(2)16)7-5-6-8-14(15)17/h12-13,16H,3-11H2,1-2H3. The molecule has 0 radical (unpaired) electrons. The summed E-state index contributed by atoms with van der Waals surface area (Å²) < 4.78 is 0. The summed E-state index contributed by atoms with van der Waals surface area (Å²) in [6.07, 6.45) is 7.75. The van der Waals surface area contributed by atoms with Gasteiger partial charge in [-0.3, -0.25) is 4.79 Å². The smallest absolute Gasteiger partial charge is 0.222 e. The zero-order valence-electron chi connectivity index (χ0n) is 11.3. The fourth-order valence-electron chi connectivity index (χ4n) is 2.53. The molecule has 17 heavy (non-hydrogen) atoms. The predicted octanol–water partition coefficient (Wildman–Crippen LogP) is 2.72. The van der Waals surface area contributed by atoms with Crippen LogP contribution < -0.4 is 0 Å². The Morgan fingerprint density at radius 3 is 2.88 bits per heavy atom. The second kappa shape index (κ2) is 7.70. The molecule has 3 heteroatoms. The van der Waals surface area contributed by atoms with Gasteiger partial charge in [0.2, 0.25) is 5.91 Å². The van der Waals surface area contributed by atoms with Crippen molar-refractivity contribution < 1.29 is 9.90 Å². The fraction of sp³-hybridized carbons (Fsp3) is 0.929. The molecular formula is C14H27NO2.